The van der Waals surface area contributed by atoms with Crippen molar-refractivity contribution in [3.05, 3.63) is 0 Å². The van der Waals surface area contributed by atoms with Gasteiger partial charge in [0.2, 0.25) is 17.7 Å². The zero-order chi connectivity index (χ0) is 16.1. The number of nitrogens with zero attached hydrogens (tertiary/aromatic N) is 2. The van der Waals surface area contributed by atoms with Gasteiger partial charge in [0.15, 0.2) is 0 Å². The molecule has 2 saturated heterocycles. The first-order chi connectivity index (χ1) is 10.5. The molecule has 3 amide bonds. The Kier molecular flexibility index (Phi) is 5.80. The first-order valence-corrected chi connectivity index (χ1v) is 8.33. The van der Waals surface area contributed by atoms with E-state index in [9.17, 15) is 14.4 Å². The summed E-state index contributed by atoms with van der Waals surface area (Å²) in [5.74, 6) is -0.291. The van der Waals surface area contributed by atoms with Crippen molar-refractivity contribution >= 4 is 17.7 Å². The SMILES string of the molecule is CC(=O)N1CCCC(C(=O)NC(C)C(=O)N2CCCCC2)C1. The fourth-order valence-corrected chi connectivity index (χ4v) is 3.26. The highest BCUT2D eigenvalue weighted by atomic mass is 16.2. The third-order valence-electron chi connectivity index (χ3n) is 4.63. The zero-order valence-corrected chi connectivity index (χ0v) is 13.6. The van der Waals surface area contributed by atoms with E-state index in [0.717, 1.165) is 45.3 Å². The number of hydrogen-bond donors (Lipinski definition) is 1. The van der Waals surface area contributed by atoms with E-state index in [-0.39, 0.29) is 23.6 Å². The van der Waals surface area contributed by atoms with Crippen LogP contribution in [0.2, 0.25) is 0 Å². The molecule has 6 nitrogen and oxygen atoms in total. The van der Waals surface area contributed by atoms with E-state index < -0.39 is 6.04 Å². The number of amides is 3. The van der Waals surface area contributed by atoms with Crippen LogP contribution in [0.15, 0.2) is 0 Å². The largest absolute Gasteiger partial charge is 0.344 e. The van der Waals surface area contributed by atoms with Crippen LogP contribution in [0.3, 0.4) is 0 Å². The van der Waals surface area contributed by atoms with Crippen molar-refractivity contribution in [1.82, 2.24) is 15.1 Å². The summed E-state index contributed by atoms with van der Waals surface area (Å²) in [6, 6.07) is -0.488. The maximum Gasteiger partial charge on any atom is 0.244 e. The lowest BCUT2D eigenvalue weighted by Gasteiger charge is -2.33. The van der Waals surface area contributed by atoms with E-state index in [0.29, 0.717) is 6.54 Å². The van der Waals surface area contributed by atoms with Crippen molar-refractivity contribution in [3.8, 4) is 0 Å². The minimum atomic E-state index is -0.488. The highest BCUT2D eigenvalue weighted by molar-refractivity contribution is 5.88. The van der Waals surface area contributed by atoms with E-state index in [1.807, 2.05) is 4.90 Å². The predicted molar refractivity (Wildman–Crippen MR) is 83.0 cm³/mol. The van der Waals surface area contributed by atoms with Gasteiger partial charge < -0.3 is 15.1 Å². The van der Waals surface area contributed by atoms with E-state index in [4.69, 9.17) is 0 Å². The lowest BCUT2D eigenvalue weighted by molar-refractivity contribution is -0.139. The van der Waals surface area contributed by atoms with Crippen LogP contribution in [0.1, 0.15) is 46.0 Å². The van der Waals surface area contributed by atoms with E-state index in [1.54, 1.807) is 11.8 Å². The first kappa shape index (κ1) is 16.8. The van der Waals surface area contributed by atoms with Crippen molar-refractivity contribution in [1.29, 1.82) is 0 Å². The Balaban J connectivity index is 1.84. The van der Waals surface area contributed by atoms with Gasteiger partial charge in [0.25, 0.3) is 0 Å². The quantitative estimate of drug-likeness (QED) is 0.837. The summed E-state index contributed by atoms with van der Waals surface area (Å²) in [4.78, 5) is 39.7. The van der Waals surface area contributed by atoms with Gasteiger partial charge in [0.1, 0.15) is 6.04 Å². The van der Waals surface area contributed by atoms with Crippen LogP contribution in [0.4, 0.5) is 0 Å². The molecular formula is C16H27N3O3. The molecule has 2 heterocycles. The Morgan fingerprint density at radius 2 is 1.64 bits per heavy atom. The monoisotopic (exact) mass is 309 g/mol. The molecule has 2 unspecified atom stereocenters. The van der Waals surface area contributed by atoms with Crippen molar-refractivity contribution in [3.63, 3.8) is 0 Å². The summed E-state index contributed by atoms with van der Waals surface area (Å²) in [6.45, 7) is 6.05. The van der Waals surface area contributed by atoms with Gasteiger partial charge in [-0.2, -0.15) is 0 Å². The third-order valence-corrected chi connectivity index (χ3v) is 4.63. The molecule has 2 aliphatic heterocycles. The molecule has 0 aliphatic carbocycles. The van der Waals surface area contributed by atoms with Crippen molar-refractivity contribution in [2.75, 3.05) is 26.2 Å². The highest BCUT2D eigenvalue weighted by Crippen LogP contribution is 2.17. The van der Waals surface area contributed by atoms with E-state index >= 15 is 0 Å². The lowest BCUT2D eigenvalue weighted by atomic mass is 9.96. The van der Waals surface area contributed by atoms with Crippen molar-refractivity contribution in [2.24, 2.45) is 5.92 Å². The standard InChI is InChI=1S/C16H27N3O3/c1-12(16(22)18-8-4-3-5-9-18)17-15(21)14-7-6-10-19(11-14)13(2)20/h12,14H,3-11H2,1-2H3,(H,17,21). The zero-order valence-electron chi connectivity index (χ0n) is 13.6. The maximum atomic E-state index is 12.3. The number of carbonyl (C=O) groups is 3. The number of nitrogens with one attached hydrogen (secondary N) is 1. The van der Waals surface area contributed by atoms with Crippen LogP contribution in [-0.2, 0) is 14.4 Å². The van der Waals surface area contributed by atoms with Gasteiger partial charge >= 0.3 is 0 Å². The summed E-state index contributed by atoms with van der Waals surface area (Å²) in [6.07, 6.45) is 4.88. The van der Waals surface area contributed by atoms with Gasteiger partial charge in [-0.05, 0) is 39.0 Å². The first-order valence-electron chi connectivity index (χ1n) is 8.33. The number of rotatable bonds is 3. The molecule has 0 aromatic carbocycles. The Morgan fingerprint density at radius 3 is 2.27 bits per heavy atom. The molecule has 2 aliphatic rings. The molecule has 0 aromatic rings. The molecule has 124 valence electrons. The van der Waals surface area contributed by atoms with Crippen LogP contribution in [0.5, 0.6) is 0 Å². The molecular weight excluding hydrogens is 282 g/mol. The smallest absolute Gasteiger partial charge is 0.244 e. The second-order valence-electron chi connectivity index (χ2n) is 6.42. The molecule has 0 aromatic heterocycles. The number of likely N-dealkylation sites (tertiary alicyclic amines) is 2. The number of piperidine rings is 2. The summed E-state index contributed by atoms with van der Waals surface area (Å²) < 4.78 is 0. The van der Waals surface area contributed by atoms with Gasteiger partial charge in [-0.3, -0.25) is 14.4 Å². The molecule has 0 bridgehead atoms. The van der Waals surface area contributed by atoms with Crippen LogP contribution >= 0.6 is 0 Å². The fraction of sp³-hybridized carbons (Fsp3) is 0.812. The van der Waals surface area contributed by atoms with Gasteiger partial charge in [-0.25, -0.2) is 0 Å². The summed E-state index contributed by atoms with van der Waals surface area (Å²) in [7, 11) is 0. The normalized spacial score (nSPS) is 23.8. The second-order valence-corrected chi connectivity index (χ2v) is 6.42. The Morgan fingerprint density at radius 1 is 1.00 bits per heavy atom. The Hall–Kier alpha value is -1.59. The van der Waals surface area contributed by atoms with Crippen molar-refractivity contribution < 1.29 is 14.4 Å². The van der Waals surface area contributed by atoms with Crippen LogP contribution in [-0.4, -0.2) is 59.7 Å². The van der Waals surface area contributed by atoms with Gasteiger partial charge in [0, 0.05) is 33.1 Å². The molecule has 2 atom stereocenters. The molecule has 0 radical (unpaired) electrons. The molecule has 0 spiro atoms. The third kappa shape index (κ3) is 4.21. The summed E-state index contributed by atoms with van der Waals surface area (Å²) in [5, 5.41) is 2.84. The fourth-order valence-electron chi connectivity index (χ4n) is 3.26. The van der Waals surface area contributed by atoms with Crippen molar-refractivity contribution in [2.45, 2.75) is 52.0 Å². The minimum Gasteiger partial charge on any atom is -0.344 e. The maximum absolute atomic E-state index is 12.3. The minimum absolute atomic E-state index is 0.00674. The molecule has 2 rings (SSSR count). The second kappa shape index (κ2) is 7.61. The molecule has 22 heavy (non-hydrogen) atoms. The van der Waals surface area contributed by atoms with Gasteiger partial charge in [0.05, 0.1) is 5.92 Å². The molecule has 1 N–H and O–H groups in total. The lowest BCUT2D eigenvalue weighted by Crippen LogP contribution is -2.52. The van der Waals surface area contributed by atoms with Crippen LogP contribution in [0.25, 0.3) is 0 Å². The van der Waals surface area contributed by atoms with E-state index in [1.165, 1.54) is 13.3 Å². The average molecular weight is 309 g/mol. The van der Waals surface area contributed by atoms with E-state index in [2.05, 4.69) is 5.32 Å². The number of hydrogen-bond acceptors (Lipinski definition) is 3. The van der Waals surface area contributed by atoms with Crippen LogP contribution < -0.4 is 5.32 Å². The van der Waals surface area contributed by atoms with Gasteiger partial charge in [-0.15, -0.1) is 0 Å². The average Bonchev–Trinajstić information content (AvgIpc) is 2.54. The topological polar surface area (TPSA) is 69.7 Å². The molecule has 2 fully saturated rings. The predicted octanol–water partition coefficient (Wildman–Crippen LogP) is 0.762. The highest BCUT2D eigenvalue weighted by Gasteiger charge is 2.30. The summed E-state index contributed by atoms with van der Waals surface area (Å²) >= 11 is 0. The molecule has 6 heteroatoms. The van der Waals surface area contributed by atoms with Gasteiger partial charge in [-0.1, -0.05) is 0 Å². The van der Waals surface area contributed by atoms with Crippen LogP contribution in [0, 0.1) is 5.92 Å². The Labute approximate surface area is 132 Å². The Bertz CT molecular complexity index is 432. The number of carbonyl (C=O) groups excluding carboxylic acids is 3. The molecule has 0 saturated carbocycles. The summed E-state index contributed by atoms with van der Waals surface area (Å²) in [5.41, 5.74) is 0.